The molecule has 3 aromatic heterocycles. The van der Waals surface area contributed by atoms with Crippen molar-refractivity contribution in [1.82, 2.24) is 29.7 Å². The fourth-order valence-corrected chi connectivity index (χ4v) is 3.36. The van der Waals surface area contributed by atoms with Gasteiger partial charge in [0.15, 0.2) is 0 Å². The second kappa shape index (κ2) is 6.26. The first-order valence-corrected chi connectivity index (χ1v) is 8.80. The van der Waals surface area contributed by atoms with Crippen molar-refractivity contribution < 1.29 is 14.3 Å². The molecule has 1 amide bonds. The Morgan fingerprint density at radius 3 is 2.85 bits per heavy atom. The van der Waals surface area contributed by atoms with Gasteiger partial charge in [-0.1, -0.05) is 6.92 Å². The number of nitrogens with zero attached hydrogens (tertiary/aromatic N) is 5. The van der Waals surface area contributed by atoms with Crippen molar-refractivity contribution >= 4 is 11.6 Å². The molecule has 0 aromatic carbocycles. The van der Waals surface area contributed by atoms with E-state index in [9.17, 15) is 4.79 Å². The molecule has 3 atom stereocenters. The maximum absolute atomic E-state index is 11.5. The molecule has 4 rings (SSSR count). The first kappa shape index (κ1) is 17.3. The van der Waals surface area contributed by atoms with Crippen molar-refractivity contribution in [2.75, 3.05) is 7.05 Å². The molecule has 1 aliphatic carbocycles. The van der Waals surface area contributed by atoms with Crippen LogP contribution in [0.5, 0.6) is 5.88 Å². The number of aromatic nitrogens is 5. The van der Waals surface area contributed by atoms with E-state index in [0.29, 0.717) is 12.3 Å². The molecule has 9 heteroatoms. The molecule has 3 unspecified atom stereocenters. The molecule has 0 aliphatic heterocycles. The van der Waals surface area contributed by atoms with Gasteiger partial charge in [0.2, 0.25) is 5.88 Å². The SMILES string of the molecule is CNC(=O)OC1CC(C)(Oc2nc(-c3cnn(C)c3)cn3nccc23)C1C. The third kappa shape index (κ3) is 2.98. The maximum Gasteiger partial charge on any atom is 0.407 e. The van der Waals surface area contributed by atoms with Crippen LogP contribution in [0.15, 0.2) is 30.9 Å². The predicted molar refractivity (Wildman–Crippen MR) is 97.3 cm³/mol. The van der Waals surface area contributed by atoms with E-state index in [1.54, 1.807) is 28.6 Å². The Morgan fingerprint density at radius 2 is 2.19 bits per heavy atom. The van der Waals surface area contributed by atoms with Gasteiger partial charge in [0.1, 0.15) is 17.2 Å². The standard InChI is InChI=1S/C18H22N6O3/c1-11-15(26-17(25)19-3)7-18(11,2)27-16-14-5-6-20-24(14)10-13(22-16)12-8-21-23(4)9-12/h5-6,8-11,15H,7H2,1-4H3,(H,19,25). The number of fused-ring (bicyclic) bond motifs is 1. The molecule has 0 radical (unpaired) electrons. The molecule has 3 aromatic rings. The molecule has 3 heterocycles. The van der Waals surface area contributed by atoms with Crippen LogP contribution in [-0.4, -0.2) is 49.2 Å². The number of alkyl carbamates (subject to hydrolysis) is 1. The summed E-state index contributed by atoms with van der Waals surface area (Å²) in [5, 5.41) is 11.0. The minimum absolute atomic E-state index is 0.0293. The largest absolute Gasteiger partial charge is 0.469 e. The summed E-state index contributed by atoms with van der Waals surface area (Å²) in [4.78, 5) is 16.2. The van der Waals surface area contributed by atoms with Crippen LogP contribution in [0.3, 0.4) is 0 Å². The molecule has 0 saturated heterocycles. The zero-order chi connectivity index (χ0) is 19.2. The van der Waals surface area contributed by atoms with Gasteiger partial charge < -0.3 is 14.8 Å². The predicted octanol–water partition coefficient (Wildman–Crippen LogP) is 2.03. The van der Waals surface area contributed by atoms with Crippen LogP contribution in [0.1, 0.15) is 20.3 Å². The lowest BCUT2D eigenvalue weighted by Crippen LogP contribution is -2.59. The van der Waals surface area contributed by atoms with Crippen molar-refractivity contribution in [3.05, 3.63) is 30.9 Å². The zero-order valence-electron chi connectivity index (χ0n) is 15.7. The summed E-state index contributed by atoms with van der Waals surface area (Å²) >= 11 is 0. The number of ether oxygens (including phenoxy) is 2. The van der Waals surface area contributed by atoms with Gasteiger partial charge in [0.25, 0.3) is 0 Å². The average molecular weight is 370 g/mol. The van der Waals surface area contributed by atoms with E-state index in [2.05, 4.69) is 15.5 Å². The Morgan fingerprint density at radius 1 is 1.37 bits per heavy atom. The highest BCUT2D eigenvalue weighted by molar-refractivity contribution is 5.67. The van der Waals surface area contributed by atoms with Crippen LogP contribution < -0.4 is 10.1 Å². The number of hydrogen-bond donors (Lipinski definition) is 1. The fourth-order valence-electron chi connectivity index (χ4n) is 3.36. The van der Waals surface area contributed by atoms with E-state index in [4.69, 9.17) is 14.5 Å². The fraction of sp³-hybridized carbons (Fsp3) is 0.444. The Hall–Kier alpha value is -3.10. The normalized spacial score (nSPS) is 24.4. The van der Waals surface area contributed by atoms with Crippen molar-refractivity contribution in [1.29, 1.82) is 0 Å². The second-order valence-corrected chi connectivity index (χ2v) is 7.10. The van der Waals surface area contributed by atoms with E-state index in [1.807, 2.05) is 39.4 Å². The lowest BCUT2D eigenvalue weighted by atomic mass is 9.69. The van der Waals surface area contributed by atoms with Crippen LogP contribution in [-0.2, 0) is 11.8 Å². The molecule has 1 N–H and O–H groups in total. The summed E-state index contributed by atoms with van der Waals surface area (Å²) in [7, 11) is 3.41. The van der Waals surface area contributed by atoms with E-state index in [0.717, 1.165) is 16.8 Å². The molecule has 142 valence electrons. The first-order valence-electron chi connectivity index (χ1n) is 8.80. The first-order chi connectivity index (χ1) is 12.9. The van der Waals surface area contributed by atoms with Crippen LogP contribution >= 0.6 is 0 Å². The Labute approximate surface area is 156 Å². The van der Waals surface area contributed by atoms with Gasteiger partial charge in [-0.05, 0) is 13.0 Å². The lowest BCUT2D eigenvalue weighted by Gasteiger charge is -2.49. The van der Waals surface area contributed by atoms with Crippen LogP contribution in [0.4, 0.5) is 4.79 Å². The molecule has 1 aliphatic rings. The Kier molecular flexibility index (Phi) is 4.01. The number of rotatable bonds is 4. The number of amides is 1. The van der Waals surface area contributed by atoms with Gasteiger partial charge >= 0.3 is 6.09 Å². The van der Waals surface area contributed by atoms with Crippen LogP contribution in [0, 0.1) is 5.92 Å². The highest BCUT2D eigenvalue weighted by atomic mass is 16.6. The number of carbonyl (C=O) groups excluding carboxylic acids is 1. The summed E-state index contributed by atoms with van der Waals surface area (Å²) in [5.74, 6) is 0.531. The summed E-state index contributed by atoms with van der Waals surface area (Å²) in [6, 6.07) is 1.86. The molecular weight excluding hydrogens is 348 g/mol. The molecule has 1 saturated carbocycles. The summed E-state index contributed by atoms with van der Waals surface area (Å²) in [6.45, 7) is 4.02. The quantitative estimate of drug-likeness (QED) is 0.755. The second-order valence-electron chi connectivity index (χ2n) is 7.10. The summed E-state index contributed by atoms with van der Waals surface area (Å²) < 4.78 is 15.2. The molecule has 1 fully saturated rings. The van der Waals surface area contributed by atoms with Gasteiger partial charge in [0.05, 0.1) is 24.3 Å². The van der Waals surface area contributed by atoms with E-state index in [1.165, 1.54) is 0 Å². The van der Waals surface area contributed by atoms with E-state index in [-0.39, 0.29) is 12.0 Å². The van der Waals surface area contributed by atoms with Crippen molar-refractivity contribution in [3.8, 4) is 17.1 Å². The topological polar surface area (TPSA) is 95.6 Å². The summed E-state index contributed by atoms with van der Waals surface area (Å²) in [6.07, 6.45) is 7.19. The monoisotopic (exact) mass is 370 g/mol. The highest BCUT2D eigenvalue weighted by Gasteiger charge is 2.53. The third-order valence-corrected chi connectivity index (χ3v) is 5.28. The summed E-state index contributed by atoms with van der Waals surface area (Å²) in [5.41, 5.74) is 1.91. The Bertz CT molecular complexity index is 996. The van der Waals surface area contributed by atoms with Gasteiger partial charge in [-0.3, -0.25) is 4.68 Å². The van der Waals surface area contributed by atoms with E-state index < -0.39 is 11.7 Å². The lowest BCUT2D eigenvalue weighted by molar-refractivity contribution is -0.140. The number of nitrogens with one attached hydrogen (secondary N) is 1. The van der Waals surface area contributed by atoms with Crippen LogP contribution in [0.25, 0.3) is 16.8 Å². The average Bonchev–Trinajstić information content (AvgIpc) is 3.29. The highest BCUT2D eigenvalue weighted by Crippen LogP contribution is 2.44. The minimum atomic E-state index is -0.482. The maximum atomic E-state index is 11.5. The Balaban J connectivity index is 1.62. The molecule has 9 nitrogen and oxygen atoms in total. The molecule has 0 spiro atoms. The minimum Gasteiger partial charge on any atom is -0.469 e. The number of aryl methyl sites for hydroxylation is 1. The van der Waals surface area contributed by atoms with Gasteiger partial charge in [-0.15, -0.1) is 0 Å². The van der Waals surface area contributed by atoms with Crippen molar-refractivity contribution in [2.24, 2.45) is 13.0 Å². The van der Waals surface area contributed by atoms with Crippen molar-refractivity contribution in [2.45, 2.75) is 32.0 Å². The molecule has 27 heavy (non-hydrogen) atoms. The van der Waals surface area contributed by atoms with Crippen LogP contribution in [0.2, 0.25) is 0 Å². The number of hydrogen-bond acceptors (Lipinski definition) is 6. The van der Waals surface area contributed by atoms with Gasteiger partial charge in [0, 0.05) is 38.2 Å². The van der Waals surface area contributed by atoms with Gasteiger partial charge in [-0.2, -0.15) is 10.2 Å². The molecule has 0 bridgehead atoms. The third-order valence-electron chi connectivity index (χ3n) is 5.28. The van der Waals surface area contributed by atoms with E-state index >= 15 is 0 Å². The van der Waals surface area contributed by atoms with Gasteiger partial charge in [-0.25, -0.2) is 14.3 Å². The zero-order valence-corrected chi connectivity index (χ0v) is 15.7. The number of carbonyl (C=O) groups is 1. The smallest absolute Gasteiger partial charge is 0.407 e. The van der Waals surface area contributed by atoms with Crippen molar-refractivity contribution in [3.63, 3.8) is 0 Å². The molecular formula is C18H22N6O3.